The minimum Gasteiger partial charge on any atom is -0.454 e. The number of ether oxygens (including phenoxy) is 1. The number of anilines is 4. The van der Waals surface area contributed by atoms with Gasteiger partial charge in [-0.15, -0.1) is 0 Å². The lowest BCUT2D eigenvalue weighted by molar-refractivity contribution is -0.154. The maximum absolute atomic E-state index is 12.9. The van der Waals surface area contributed by atoms with Crippen LogP contribution in [-0.4, -0.2) is 64.3 Å². The number of ketones is 1. The number of carbonyl (C=O) groups is 4. The lowest BCUT2D eigenvalue weighted by Crippen LogP contribution is -2.45. The molecule has 0 atom stereocenters. The quantitative estimate of drug-likeness (QED) is 0.0756. The van der Waals surface area contributed by atoms with Crippen LogP contribution < -0.4 is 31.3 Å². The van der Waals surface area contributed by atoms with E-state index in [1.54, 1.807) is 56.3 Å². The second-order valence-corrected chi connectivity index (χ2v) is 13.6. The summed E-state index contributed by atoms with van der Waals surface area (Å²) in [6.45, 7) is 3.51. The highest BCUT2D eigenvalue weighted by molar-refractivity contribution is 6.40. The number of carbonyl (C=O) groups excluding carboxylic acids is 4. The molecule has 1 aromatic heterocycles. The number of para-hydroxylation sites is 1. The Hall–Kier alpha value is -5.77. The topological polar surface area (TPSA) is 176 Å². The Labute approximate surface area is 307 Å². The molecule has 1 aliphatic carbocycles. The van der Waals surface area contributed by atoms with Gasteiger partial charge in [-0.3, -0.25) is 19.2 Å². The number of hydrogen-bond donors (Lipinski definition) is 5. The molecule has 0 unspecified atom stereocenters. The Balaban J connectivity index is 1.17. The summed E-state index contributed by atoms with van der Waals surface area (Å²) < 4.78 is 43.6. The Morgan fingerprint density at radius 2 is 1.47 bits per heavy atom. The van der Waals surface area contributed by atoms with E-state index in [-0.39, 0.29) is 42.0 Å². The van der Waals surface area contributed by atoms with Crippen molar-refractivity contribution in [2.45, 2.75) is 45.3 Å². The van der Waals surface area contributed by atoms with E-state index in [0.717, 1.165) is 18.4 Å². The van der Waals surface area contributed by atoms with Crippen LogP contribution in [0.4, 0.5) is 36.4 Å². The third kappa shape index (κ3) is 10.9. The maximum atomic E-state index is 12.9. The largest absolute Gasteiger partial charge is 0.454 e. The van der Waals surface area contributed by atoms with Crippen molar-refractivity contribution < 1.29 is 37.1 Å². The summed E-state index contributed by atoms with van der Waals surface area (Å²) in [4.78, 5) is 62.1. The molecule has 0 saturated heterocycles. The van der Waals surface area contributed by atoms with Gasteiger partial charge < -0.3 is 31.3 Å². The van der Waals surface area contributed by atoms with E-state index in [2.05, 4.69) is 41.5 Å². The van der Waals surface area contributed by atoms with Gasteiger partial charge in [0.1, 0.15) is 0 Å². The van der Waals surface area contributed by atoms with Crippen molar-refractivity contribution in [3.05, 3.63) is 94.5 Å². The first kappa shape index (κ1) is 38.5. The fourth-order valence-electron chi connectivity index (χ4n) is 5.07. The summed E-state index contributed by atoms with van der Waals surface area (Å²) in [5.41, 5.74) is 0.934. The van der Waals surface area contributed by atoms with E-state index < -0.39 is 47.5 Å². The lowest BCUT2D eigenvalue weighted by Gasteiger charge is -2.25. The summed E-state index contributed by atoms with van der Waals surface area (Å²) in [5.74, 6) is -2.62. The third-order valence-electron chi connectivity index (χ3n) is 8.10. The van der Waals surface area contributed by atoms with Crippen molar-refractivity contribution in [3.8, 4) is 6.01 Å². The molecule has 1 saturated carbocycles. The van der Waals surface area contributed by atoms with Crippen LogP contribution in [0.3, 0.4) is 0 Å². The van der Waals surface area contributed by atoms with Gasteiger partial charge in [-0.05, 0) is 79.3 Å². The summed E-state index contributed by atoms with van der Waals surface area (Å²) in [6, 6.07) is 19.1. The van der Waals surface area contributed by atoms with Gasteiger partial charge in [0.05, 0.1) is 11.2 Å². The molecule has 0 spiro atoms. The fourth-order valence-corrected chi connectivity index (χ4v) is 5.20. The van der Waals surface area contributed by atoms with Gasteiger partial charge in [-0.2, -0.15) is 28.1 Å². The van der Waals surface area contributed by atoms with Gasteiger partial charge in [0, 0.05) is 34.9 Å². The van der Waals surface area contributed by atoms with E-state index in [1.807, 2.05) is 12.1 Å². The summed E-state index contributed by atoms with van der Waals surface area (Å²) >= 11 is 6.03. The monoisotopic (exact) mass is 752 g/mol. The molecule has 5 rings (SSSR count). The smallest absolute Gasteiger partial charge is 0.422 e. The molecule has 1 aliphatic rings. The number of nitrogens with zero attached hydrogens (tertiary/aromatic N) is 3. The first-order valence-electron chi connectivity index (χ1n) is 16.4. The summed E-state index contributed by atoms with van der Waals surface area (Å²) in [5, 5.41) is 14.5. The van der Waals surface area contributed by atoms with Crippen LogP contribution in [0.5, 0.6) is 6.01 Å². The number of aromatic nitrogens is 3. The molecule has 278 valence electrons. The van der Waals surface area contributed by atoms with E-state index >= 15 is 0 Å². The highest BCUT2D eigenvalue weighted by Gasteiger charge is 2.45. The zero-order valence-electron chi connectivity index (χ0n) is 28.9. The van der Waals surface area contributed by atoms with Crippen LogP contribution in [-0.2, 0) is 15.1 Å². The van der Waals surface area contributed by atoms with Crippen LogP contribution in [0.15, 0.2) is 72.8 Å². The Morgan fingerprint density at radius 1 is 0.830 bits per heavy atom. The minimum atomic E-state index is -4.62. The number of nitrogens with one attached hydrogen (secondary N) is 5. The molecule has 5 N–H and O–H groups in total. The van der Waals surface area contributed by atoms with Crippen LogP contribution in [0.2, 0.25) is 5.02 Å². The zero-order valence-corrected chi connectivity index (χ0v) is 29.6. The molecule has 13 nitrogen and oxygen atoms in total. The highest BCUT2D eigenvalue weighted by Crippen LogP contribution is 2.48. The number of Topliss-reactive ketones (excluding diaryl/α,β-unsaturated/α-hetero) is 1. The average molecular weight is 753 g/mol. The van der Waals surface area contributed by atoms with Crippen LogP contribution in [0.25, 0.3) is 0 Å². The van der Waals surface area contributed by atoms with Gasteiger partial charge in [0.15, 0.2) is 12.4 Å². The molecular weight excluding hydrogens is 717 g/mol. The van der Waals surface area contributed by atoms with Crippen molar-refractivity contribution >= 4 is 58.4 Å². The molecule has 0 bridgehead atoms. The maximum Gasteiger partial charge on any atom is 0.422 e. The molecule has 1 fully saturated rings. The fraction of sp³-hybridized carbons (Fsp3) is 0.306. The van der Waals surface area contributed by atoms with E-state index in [1.165, 1.54) is 25.1 Å². The molecule has 3 amide bonds. The number of amides is 3. The van der Waals surface area contributed by atoms with Gasteiger partial charge in [0.25, 0.3) is 5.91 Å². The molecule has 1 heterocycles. The van der Waals surface area contributed by atoms with E-state index in [0.29, 0.717) is 16.3 Å². The SMILES string of the molecule is CC(=O)c1ccccc1NC(=O)C(=O)NCC(C)(C)CNC(=O)c1ccc(Nc2nc(NC3(c4ccc(Cl)cc4)CC3)nc(OCC(F)(F)F)n2)cc1. The normalized spacial score (nSPS) is 13.3. The number of alkyl halides is 3. The molecule has 0 radical (unpaired) electrons. The number of benzene rings is 3. The van der Waals surface area contributed by atoms with Crippen LogP contribution in [0.1, 0.15) is 59.9 Å². The van der Waals surface area contributed by atoms with Crippen molar-refractivity contribution in [2.24, 2.45) is 5.41 Å². The number of hydrogen-bond acceptors (Lipinski definition) is 10. The molecular formula is C36H36ClF3N8O5. The van der Waals surface area contributed by atoms with Gasteiger partial charge in [-0.1, -0.05) is 49.7 Å². The Morgan fingerprint density at radius 3 is 2.11 bits per heavy atom. The van der Waals surface area contributed by atoms with Gasteiger partial charge in [0.2, 0.25) is 11.9 Å². The summed E-state index contributed by atoms with van der Waals surface area (Å²) in [6.07, 6.45) is -3.16. The van der Waals surface area contributed by atoms with Gasteiger partial charge in [-0.25, -0.2) is 0 Å². The zero-order chi connectivity index (χ0) is 38.4. The first-order chi connectivity index (χ1) is 25.0. The highest BCUT2D eigenvalue weighted by atomic mass is 35.5. The standard InChI is InChI=1S/C36H36ClF3N8O5/c1-21(49)26-6-4-5-7-27(26)44-30(52)29(51)42-19-34(2,3)18-41-28(50)22-8-14-25(15-9-22)43-31-45-32(47-33(46-31)53-20-36(38,39)40)48-35(16-17-35)23-10-12-24(37)13-11-23/h4-15H,16-20H2,1-3H3,(H,41,50)(H,42,51)(H,44,52)(H2,43,45,46,47,48). The van der Waals surface area contributed by atoms with Gasteiger partial charge >= 0.3 is 24.0 Å². The average Bonchev–Trinajstić information content (AvgIpc) is 3.89. The predicted octanol–water partition coefficient (Wildman–Crippen LogP) is 6.02. The minimum absolute atomic E-state index is 0.000806. The van der Waals surface area contributed by atoms with Crippen LogP contribution >= 0.6 is 11.6 Å². The van der Waals surface area contributed by atoms with Crippen molar-refractivity contribution in [1.82, 2.24) is 25.6 Å². The number of halogens is 4. The second-order valence-electron chi connectivity index (χ2n) is 13.2. The molecule has 53 heavy (non-hydrogen) atoms. The molecule has 3 aromatic carbocycles. The molecule has 4 aromatic rings. The van der Waals surface area contributed by atoms with Crippen molar-refractivity contribution in [1.29, 1.82) is 0 Å². The van der Waals surface area contributed by atoms with E-state index in [4.69, 9.17) is 16.3 Å². The molecule has 0 aliphatic heterocycles. The molecule has 17 heteroatoms. The Kier molecular flexibility index (Phi) is 11.5. The predicted molar refractivity (Wildman–Crippen MR) is 191 cm³/mol. The summed E-state index contributed by atoms with van der Waals surface area (Å²) in [7, 11) is 0. The van der Waals surface area contributed by atoms with Crippen molar-refractivity contribution in [3.63, 3.8) is 0 Å². The second kappa shape index (κ2) is 15.9. The number of rotatable bonds is 14. The lowest BCUT2D eigenvalue weighted by atomic mass is 9.93. The van der Waals surface area contributed by atoms with Crippen LogP contribution in [0, 0.1) is 5.41 Å². The first-order valence-corrected chi connectivity index (χ1v) is 16.7. The van der Waals surface area contributed by atoms with Crippen molar-refractivity contribution in [2.75, 3.05) is 35.6 Å². The van der Waals surface area contributed by atoms with E-state index in [9.17, 15) is 32.3 Å². The Bertz CT molecular complexity index is 1990. The third-order valence-corrected chi connectivity index (χ3v) is 8.35.